The van der Waals surface area contributed by atoms with Crippen LogP contribution in [0.1, 0.15) is 41.8 Å². The number of hydrogen-bond donors (Lipinski definition) is 1. The molecule has 0 bridgehead atoms. The second-order valence-electron chi connectivity index (χ2n) is 5.39. The molecule has 0 saturated carbocycles. The fourth-order valence-electron chi connectivity index (χ4n) is 2.46. The van der Waals surface area contributed by atoms with E-state index in [1.54, 1.807) is 12.4 Å². The lowest BCUT2D eigenvalue weighted by Crippen LogP contribution is -2.26. The molecule has 0 spiro atoms. The van der Waals surface area contributed by atoms with Crippen LogP contribution in [0.15, 0.2) is 30.7 Å². The van der Waals surface area contributed by atoms with Gasteiger partial charge in [-0.15, -0.1) is 0 Å². The van der Waals surface area contributed by atoms with Gasteiger partial charge in [0.2, 0.25) is 0 Å². The molecule has 1 N–H and O–H groups in total. The van der Waals surface area contributed by atoms with E-state index < -0.39 is 0 Å². The number of pyridine rings is 2. The summed E-state index contributed by atoms with van der Waals surface area (Å²) < 4.78 is 0. The second kappa shape index (κ2) is 7.53. The largest absolute Gasteiger partial charge is 0.308 e. The summed E-state index contributed by atoms with van der Waals surface area (Å²) in [6, 6.07) is 4.33. The van der Waals surface area contributed by atoms with Crippen LogP contribution < -0.4 is 5.32 Å². The third kappa shape index (κ3) is 4.26. The first-order chi connectivity index (χ1) is 10.1. The Morgan fingerprint density at radius 3 is 2.76 bits per heavy atom. The normalized spacial score (nSPS) is 12.4. The van der Waals surface area contributed by atoms with Gasteiger partial charge in [-0.2, -0.15) is 0 Å². The van der Waals surface area contributed by atoms with Crippen LogP contribution in [0.2, 0.25) is 5.02 Å². The van der Waals surface area contributed by atoms with E-state index in [9.17, 15) is 0 Å². The van der Waals surface area contributed by atoms with E-state index in [0.717, 1.165) is 30.6 Å². The van der Waals surface area contributed by atoms with Crippen molar-refractivity contribution in [3.63, 3.8) is 0 Å². The Balaban J connectivity index is 2.27. The molecule has 2 heterocycles. The Labute approximate surface area is 131 Å². The molecule has 1 unspecified atom stereocenters. The highest BCUT2D eigenvalue weighted by atomic mass is 35.5. The molecule has 1 atom stereocenters. The molecule has 0 saturated heterocycles. The lowest BCUT2D eigenvalue weighted by Gasteiger charge is -2.20. The Kier molecular flexibility index (Phi) is 5.71. The standard InChI is InChI=1S/C17H22ClN3/c1-4-6-20-16(9-14-5-7-19-11-15(14)18)17-13(3)8-12(2)10-21-17/h5,7-8,10-11,16,20H,4,6,9H2,1-3H3. The average Bonchev–Trinajstić information content (AvgIpc) is 2.46. The minimum Gasteiger partial charge on any atom is -0.308 e. The first-order valence-corrected chi connectivity index (χ1v) is 7.74. The summed E-state index contributed by atoms with van der Waals surface area (Å²) in [6.07, 6.45) is 7.32. The van der Waals surface area contributed by atoms with Crippen LogP contribution in [-0.2, 0) is 6.42 Å². The van der Waals surface area contributed by atoms with E-state index in [1.165, 1.54) is 11.1 Å². The second-order valence-corrected chi connectivity index (χ2v) is 5.80. The van der Waals surface area contributed by atoms with Gasteiger partial charge in [0.25, 0.3) is 0 Å². The van der Waals surface area contributed by atoms with Gasteiger partial charge in [0.1, 0.15) is 0 Å². The fraction of sp³-hybridized carbons (Fsp3) is 0.412. The number of halogens is 1. The molecule has 0 fully saturated rings. The smallest absolute Gasteiger partial charge is 0.0622 e. The van der Waals surface area contributed by atoms with E-state index in [2.05, 4.69) is 42.1 Å². The molecule has 0 aliphatic carbocycles. The van der Waals surface area contributed by atoms with Gasteiger partial charge in [-0.3, -0.25) is 9.97 Å². The molecule has 0 aliphatic heterocycles. The Hall–Kier alpha value is -1.45. The number of rotatable bonds is 6. The molecular weight excluding hydrogens is 282 g/mol. The highest BCUT2D eigenvalue weighted by Gasteiger charge is 2.16. The van der Waals surface area contributed by atoms with E-state index in [1.807, 2.05) is 12.3 Å². The maximum Gasteiger partial charge on any atom is 0.0622 e. The molecule has 2 rings (SSSR count). The van der Waals surface area contributed by atoms with Gasteiger partial charge < -0.3 is 5.32 Å². The van der Waals surface area contributed by atoms with E-state index in [-0.39, 0.29) is 6.04 Å². The summed E-state index contributed by atoms with van der Waals surface area (Å²) >= 11 is 6.24. The zero-order valence-corrected chi connectivity index (χ0v) is 13.6. The first kappa shape index (κ1) is 15.9. The van der Waals surface area contributed by atoms with Gasteiger partial charge in [-0.25, -0.2) is 0 Å². The summed E-state index contributed by atoms with van der Waals surface area (Å²) in [4.78, 5) is 8.68. The van der Waals surface area contributed by atoms with Gasteiger partial charge in [-0.05, 0) is 56.0 Å². The number of nitrogens with one attached hydrogen (secondary N) is 1. The van der Waals surface area contributed by atoms with Crippen molar-refractivity contribution in [2.45, 2.75) is 39.7 Å². The van der Waals surface area contributed by atoms with Gasteiger partial charge in [0, 0.05) is 18.6 Å². The first-order valence-electron chi connectivity index (χ1n) is 7.36. The molecule has 2 aromatic rings. The molecule has 3 nitrogen and oxygen atoms in total. The number of nitrogens with zero attached hydrogens (tertiary/aromatic N) is 2. The van der Waals surface area contributed by atoms with E-state index in [0.29, 0.717) is 5.02 Å². The van der Waals surface area contributed by atoms with Crippen molar-refractivity contribution in [1.82, 2.24) is 15.3 Å². The van der Waals surface area contributed by atoms with Gasteiger partial charge in [0.05, 0.1) is 16.8 Å². The van der Waals surface area contributed by atoms with Crippen molar-refractivity contribution >= 4 is 11.6 Å². The molecule has 21 heavy (non-hydrogen) atoms. The van der Waals surface area contributed by atoms with E-state index in [4.69, 9.17) is 11.6 Å². The number of aryl methyl sites for hydroxylation is 2. The van der Waals surface area contributed by atoms with Crippen LogP contribution in [0.25, 0.3) is 0 Å². The minimum absolute atomic E-state index is 0.172. The van der Waals surface area contributed by atoms with Crippen molar-refractivity contribution < 1.29 is 0 Å². The van der Waals surface area contributed by atoms with Crippen molar-refractivity contribution in [1.29, 1.82) is 0 Å². The summed E-state index contributed by atoms with van der Waals surface area (Å²) in [5.41, 5.74) is 4.60. The minimum atomic E-state index is 0.172. The quantitative estimate of drug-likeness (QED) is 0.875. The summed E-state index contributed by atoms with van der Waals surface area (Å²) in [5.74, 6) is 0. The van der Waals surface area contributed by atoms with Crippen LogP contribution in [-0.4, -0.2) is 16.5 Å². The van der Waals surface area contributed by atoms with Crippen molar-refractivity contribution in [2.75, 3.05) is 6.54 Å². The molecule has 0 aliphatic rings. The number of hydrogen-bond acceptors (Lipinski definition) is 3. The highest BCUT2D eigenvalue weighted by Crippen LogP contribution is 2.24. The number of aromatic nitrogens is 2. The molecule has 0 aromatic carbocycles. The van der Waals surface area contributed by atoms with Gasteiger partial charge in [-0.1, -0.05) is 24.6 Å². The Bertz CT molecular complexity index is 598. The Morgan fingerprint density at radius 2 is 2.10 bits per heavy atom. The zero-order chi connectivity index (χ0) is 15.2. The van der Waals surface area contributed by atoms with Crippen LogP contribution in [0.4, 0.5) is 0 Å². The summed E-state index contributed by atoms with van der Waals surface area (Å²) in [7, 11) is 0. The third-order valence-electron chi connectivity index (χ3n) is 3.51. The molecule has 112 valence electrons. The molecular formula is C17H22ClN3. The van der Waals surface area contributed by atoms with Crippen LogP contribution in [0.3, 0.4) is 0 Å². The fourth-order valence-corrected chi connectivity index (χ4v) is 2.66. The lowest BCUT2D eigenvalue weighted by atomic mass is 9.99. The molecule has 2 aromatic heterocycles. The Morgan fingerprint density at radius 1 is 1.29 bits per heavy atom. The lowest BCUT2D eigenvalue weighted by molar-refractivity contribution is 0.515. The summed E-state index contributed by atoms with van der Waals surface area (Å²) in [5, 5.41) is 4.29. The monoisotopic (exact) mass is 303 g/mol. The maximum absolute atomic E-state index is 6.24. The van der Waals surface area contributed by atoms with Gasteiger partial charge >= 0.3 is 0 Å². The highest BCUT2D eigenvalue weighted by molar-refractivity contribution is 6.31. The van der Waals surface area contributed by atoms with E-state index >= 15 is 0 Å². The molecule has 4 heteroatoms. The zero-order valence-electron chi connectivity index (χ0n) is 12.9. The molecule has 0 radical (unpaired) electrons. The van der Waals surface area contributed by atoms with Gasteiger partial charge in [0.15, 0.2) is 0 Å². The predicted octanol–water partition coefficient (Wildman–Crippen LogP) is 4.03. The maximum atomic E-state index is 6.24. The summed E-state index contributed by atoms with van der Waals surface area (Å²) in [6.45, 7) is 7.31. The molecule has 0 amide bonds. The van der Waals surface area contributed by atoms with Crippen LogP contribution in [0.5, 0.6) is 0 Å². The SMILES string of the molecule is CCCNC(Cc1ccncc1Cl)c1ncc(C)cc1C. The van der Waals surface area contributed by atoms with Crippen LogP contribution in [0, 0.1) is 13.8 Å². The third-order valence-corrected chi connectivity index (χ3v) is 3.85. The topological polar surface area (TPSA) is 37.8 Å². The van der Waals surface area contributed by atoms with Crippen molar-refractivity contribution in [2.24, 2.45) is 0 Å². The van der Waals surface area contributed by atoms with Crippen molar-refractivity contribution in [3.8, 4) is 0 Å². The van der Waals surface area contributed by atoms with Crippen LogP contribution >= 0.6 is 11.6 Å². The predicted molar refractivity (Wildman–Crippen MR) is 87.7 cm³/mol. The van der Waals surface area contributed by atoms with Crippen molar-refractivity contribution in [3.05, 3.63) is 58.1 Å². The average molecular weight is 304 g/mol.